The van der Waals surface area contributed by atoms with Gasteiger partial charge in [-0.25, -0.2) is 0 Å². The molecule has 0 bridgehead atoms. The minimum Gasteiger partial charge on any atom is -0.379 e. The zero-order valence-electron chi connectivity index (χ0n) is 9.08. The Bertz CT molecular complexity index is 527. The molecule has 2 rings (SSSR count). The van der Waals surface area contributed by atoms with Gasteiger partial charge in [0.15, 0.2) is 0 Å². The van der Waals surface area contributed by atoms with Gasteiger partial charge in [0, 0.05) is 22.7 Å². The monoisotopic (exact) mass is 250 g/mol. The van der Waals surface area contributed by atoms with Gasteiger partial charge >= 0.3 is 0 Å². The molecule has 0 aliphatic carbocycles. The highest BCUT2D eigenvalue weighted by molar-refractivity contribution is 7.03. The fraction of sp³-hybridized carbons (Fsp3) is 0.200. The standard InChI is InChI=1S/C10H10N4O2S/c1-7-2-3-8(4-10(7)14(15)16)11-5-9-6-17-13-12-9/h2-4,6,11H,5H2,1H3. The normalized spacial score (nSPS) is 10.2. The topological polar surface area (TPSA) is 81.0 Å². The van der Waals surface area contributed by atoms with Gasteiger partial charge in [-0.15, -0.1) is 5.10 Å². The summed E-state index contributed by atoms with van der Waals surface area (Å²) in [6, 6.07) is 5.05. The maximum atomic E-state index is 10.8. The number of benzene rings is 1. The lowest BCUT2D eigenvalue weighted by Crippen LogP contribution is -2.01. The zero-order chi connectivity index (χ0) is 12.3. The number of hydrogen-bond acceptors (Lipinski definition) is 6. The molecule has 1 N–H and O–H groups in total. The summed E-state index contributed by atoms with van der Waals surface area (Å²) in [4.78, 5) is 10.4. The van der Waals surface area contributed by atoms with Crippen molar-refractivity contribution in [3.05, 3.63) is 45.0 Å². The summed E-state index contributed by atoms with van der Waals surface area (Å²) in [6.07, 6.45) is 0. The Hall–Kier alpha value is -2.02. The van der Waals surface area contributed by atoms with Crippen molar-refractivity contribution >= 4 is 22.9 Å². The quantitative estimate of drug-likeness (QED) is 0.665. The van der Waals surface area contributed by atoms with Gasteiger partial charge < -0.3 is 5.32 Å². The molecule has 0 unspecified atom stereocenters. The summed E-state index contributed by atoms with van der Waals surface area (Å²) in [6.45, 7) is 2.23. The lowest BCUT2D eigenvalue weighted by molar-refractivity contribution is -0.385. The van der Waals surface area contributed by atoms with Crippen molar-refractivity contribution in [3.63, 3.8) is 0 Å². The molecular formula is C10H10N4O2S. The van der Waals surface area contributed by atoms with E-state index in [-0.39, 0.29) is 10.6 Å². The highest BCUT2D eigenvalue weighted by Crippen LogP contribution is 2.22. The highest BCUT2D eigenvalue weighted by Gasteiger charge is 2.10. The van der Waals surface area contributed by atoms with E-state index in [1.807, 2.05) is 11.4 Å². The third-order valence-electron chi connectivity index (χ3n) is 2.28. The molecule has 0 atom stereocenters. The fourth-order valence-corrected chi connectivity index (χ4v) is 1.82. The van der Waals surface area contributed by atoms with Crippen molar-refractivity contribution in [1.82, 2.24) is 9.59 Å². The summed E-state index contributed by atoms with van der Waals surface area (Å²) in [5.41, 5.74) is 2.29. The molecule has 0 radical (unpaired) electrons. The Morgan fingerprint density at radius 2 is 2.35 bits per heavy atom. The Kier molecular flexibility index (Phi) is 3.29. The lowest BCUT2D eigenvalue weighted by atomic mass is 10.2. The average molecular weight is 250 g/mol. The van der Waals surface area contributed by atoms with Gasteiger partial charge in [0.1, 0.15) is 0 Å². The molecule has 1 heterocycles. The number of nitro benzene ring substituents is 1. The molecule has 0 amide bonds. The minimum atomic E-state index is -0.384. The third-order valence-corrected chi connectivity index (χ3v) is 2.84. The summed E-state index contributed by atoms with van der Waals surface area (Å²) in [5, 5.41) is 19.5. The van der Waals surface area contributed by atoms with E-state index in [0.29, 0.717) is 17.8 Å². The van der Waals surface area contributed by atoms with E-state index in [1.54, 1.807) is 13.0 Å². The second-order valence-electron chi connectivity index (χ2n) is 3.51. The zero-order valence-corrected chi connectivity index (χ0v) is 9.90. The smallest absolute Gasteiger partial charge is 0.274 e. The van der Waals surface area contributed by atoms with E-state index in [0.717, 1.165) is 5.69 Å². The van der Waals surface area contributed by atoms with Gasteiger partial charge in [-0.3, -0.25) is 10.1 Å². The first-order valence-corrected chi connectivity index (χ1v) is 5.75. The molecule has 0 spiro atoms. The predicted octanol–water partition coefficient (Wildman–Crippen LogP) is 2.37. The number of rotatable bonds is 4. The number of aryl methyl sites for hydroxylation is 1. The van der Waals surface area contributed by atoms with Crippen LogP contribution in [0.3, 0.4) is 0 Å². The van der Waals surface area contributed by atoms with E-state index in [9.17, 15) is 10.1 Å². The van der Waals surface area contributed by atoms with Gasteiger partial charge in [0.25, 0.3) is 5.69 Å². The van der Waals surface area contributed by atoms with E-state index in [4.69, 9.17) is 0 Å². The third kappa shape index (κ3) is 2.76. The van der Waals surface area contributed by atoms with Crippen LogP contribution in [0.15, 0.2) is 23.6 Å². The van der Waals surface area contributed by atoms with Crippen LogP contribution in [0.4, 0.5) is 11.4 Å². The van der Waals surface area contributed by atoms with E-state index < -0.39 is 0 Å². The van der Waals surface area contributed by atoms with Gasteiger partial charge in [-0.1, -0.05) is 10.6 Å². The summed E-state index contributed by atoms with van der Waals surface area (Å²) in [7, 11) is 0. The Labute approximate surface area is 102 Å². The molecule has 1 aromatic carbocycles. The first-order chi connectivity index (χ1) is 8.16. The second-order valence-corrected chi connectivity index (χ2v) is 4.12. The van der Waals surface area contributed by atoms with Crippen LogP contribution in [0.5, 0.6) is 0 Å². The van der Waals surface area contributed by atoms with Crippen molar-refractivity contribution in [2.24, 2.45) is 0 Å². The molecule has 0 aliphatic rings. The Morgan fingerprint density at radius 3 is 3.00 bits per heavy atom. The molecule has 7 heteroatoms. The molecule has 0 saturated carbocycles. The summed E-state index contributed by atoms with van der Waals surface area (Å²) < 4.78 is 3.74. The number of anilines is 1. The molecule has 2 aromatic rings. The van der Waals surface area contributed by atoms with Gasteiger partial charge in [0.05, 0.1) is 17.2 Å². The van der Waals surface area contributed by atoms with Crippen LogP contribution in [-0.2, 0) is 6.54 Å². The summed E-state index contributed by atoms with van der Waals surface area (Å²) >= 11 is 1.28. The van der Waals surface area contributed by atoms with Crippen molar-refractivity contribution in [1.29, 1.82) is 0 Å². The average Bonchev–Trinajstić information content (AvgIpc) is 2.80. The van der Waals surface area contributed by atoms with Gasteiger partial charge in [-0.05, 0) is 24.5 Å². The first kappa shape index (κ1) is 11.5. The van der Waals surface area contributed by atoms with Gasteiger partial charge in [0.2, 0.25) is 0 Å². The van der Waals surface area contributed by atoms with Crippen molar-refractivity contribution in [3.8, 4) is 0 Å². The molecule has 0 fully saturated rings. The molecule has 6 nitrogen and oxygen atoms in total. The van der Waals surface area contributed by atoms with Crippen molar-refractivity contribution in [2.75, 3.05) is 5.32 Å². The number of hydrogen-bond donors (Lipinski definition) is 1. The molecule has 17 heavy (non-hydrogen) atoms. The number of nitrogens with one attached hydrogen (secondary N) is 1. The summed E-state index contributed by atoms with van der Waals surface area (Å²) in [5.74, 6) is 0. The van der Waals surface area contributed by atoms with E-state index >= 15 is 0 Å². The van der Waals surface area contributed by atoms with Crippen LogP contribution in [0.2, 0.25) is 0 Å². The SMILES string of the molecule is Cc1ccc(NCc2csnn2)cc1[N+](=O)[O-]. The number of nitro groups is 1. The van der Waals surface area contributed by atoms with Crippen molar-refractivity contribution < 1.29 is 4.92 Å². The van der Waals surface area contributed by atoms with Crippen LogP contribution < -0.4 is 5.32 Å². The highest BCUT2D eigenvalue weighted by atomic mass is 32.1. The van der Waals surface area contributed by atoms with Crippen LogP contribution in [0, 0.1) is 17.0 Å². The minimum absolute atomic E-state index is 0.117. The van der Waals surface area contributed by atoms with E-state index in [1.165, 1.54) is 17.6 Å². The first-order valence-electron chi connectivity index (χ1n) is 4.91. The molecule has 0 saturated heterocycles. The van der Waals surface area contributed by atoms with Crippen LogP contribution in [0.25, 0.3) is 0 Å². The molecule has 88 valence electrons. The Balaban J connectivity index is 2.11. The second kappa shape index (κ2) is 4.88. The predicted molar refractivity (Wildman–Crippen MR) is 65.1 cm³/mol. The molecule has 0 aliphatic heterocycles. The lowest BCUT2D eigenvalue weighted by Gasteiger charge is -2.05. The molecular weight excluding hydrogens is 240 g/mol. The van der Waals surface area contributed by atoms with Crippen molar-refractivity contribution in [2.45, 2.75) is 13.5 Å². The largest absolute Gasteiger partial charge is 0.379 e. The van der Waals surface area contributed by atoms with E-state index in [2.05, 4.69) is 14.9 Å². The molecule has 1 aromatic heterocycles. The fourth-order valence-electron chi connectivity index (χ4n) is 1.37. The van der Waals surface area contributed by atoms with Crippen LogP contribution in [0.1, 0.15) is 11.3 Å². The Morgan fingerprint density at radius 1 is 1.53 bits per heavy atom. The van der Waals surface area contributed by atoms with Crippen LogP contribution in [-0.4, -0.2) is 14.5 Å². The number of nitrogens with zero attached hydrogens (tertiary/aromatic N) is 3. The van der Waals surface area contributed by atoms with Crippen LogP contribution >= 0.6 is 11.5 Å². The maximum Gasteiger partial charge on any atom is 0.274 e. The number of aromatic nitrogens is 2. The maximum absolute atomic E-state index is 10.8. The van der Waals surface area contributed by atoms with Gasteiger partial charge in [-0.2, -0.15) is 0 Å².